The Kier molecular flexibility index (Phi) is 3.33. The van der Waals surface area contributed by atoms with Gasteiger partial charge in [-0.25, -0.2) is 0 Å². The summed E-state index contributed by atoms with van der Waals surface area (Å²) in [6.45, 7) is 3.96. The van der Waals surface area contributed by atoms with Crippen LogP contribution >= 0.6 is 15.9 Å². The van der Waals surface area contributed by atoms with Gasteiger partial charge < -0.3 is 9.84 Å². The maximum atomic E-state index is 9.12. The average Bonchev–Trinajstić information content (AvgIpc) is 2.04. The first-order chi connectivity index (χ1) is 6.11. The van der Waals surface area contributed by atoms with Crippen molar-refractivity contribution in [3.63, 3.8) is 0 Å². The lowest BCUT2D eigenvalue weighted by molar-refractivity contribution is 0.279. The molecule has 0 aliphatic carbocycles. The molecule has 3 heteroatoms. The molecule has 0 radical (unpaired) electrons. The highest BCUT2D eigenvalue weighted by Gasteiger charge is 2.10. The van der Waals surface area contributed by atoms with Crippen LogP contribution in [0.2, 0.25) is 0 Å². The third-order valence-corrected chi connectivity index (χ3v) is 2.85. The van der Waals surface area contributed by atoms with Gasteiger partial charge >= 0.3 is 0 Å². The van der Waals surface area contributed by atoms with E-state index >= 15 is 0 Å². The average molecular weight is 245 g/mol. The molecular weight excluding hydrogens is 232 g/mol. The Labute approximate surface area is 86.7 Å². The summed E-state index contributed by atoms with van der Waals surface area (Å²) in [6.07, 6.45) is 0. The van der Waals surface area contributed by atoms with Gasteiger partial charge in [0.05, 0.1) is 13.7 Å². The molecule has 0 spiro atoms. The number of aliphatic hydroxyl groups excluding tert-OH is 1. The number of aryl methyl sites for hydroxylation is 1. The van der Waals surface area contributed by atoms with E-state index in [9.17, 15) is 0 Å². The Bertz CT molecular complexity index is 293. The maximum Gasteiger partial charge on any atom is 0.125 e. The molecule has 0 saturated heterocycles. The summed E-state index contributed by atoms with van der Waals surface area (Å²) in [5, 5.41) is 9.12. The number of hydrogen-bond donors (Lipinski definition) is 1. The normalized spacial score (nSPS) is 10.2. The first-order valence-corrected chi connectivity index (χ1v) is 4.84. The zero-order chi connectivity index (χ0) is 10.0. The fourth-order valence-electron chi connectivity index (χ4n) is 1.46. The van der Waals surface area contributed by atoms with E-state index in [1.807, 2.05) is 19.9 Å². The number of methoxy groups -OCH3 is 1. The van der Waals surface area contributed by atoms with Crippen molar-refractivity contribution in [1.29, 1.82) is 0 Å². The third kappa shape index (κ3) is 1.86. The van der Waals surface area contributed by atoms with E-state index in [0.717, 1.165) is 26.9 Å². The highest BCUT2D eigenvalue weighted by Crippen LogP contribution is 2.31. The van der Waals surface area contributed by atoms with Crippen LogP contribution in [0.4, 0.5) is 0 Å². The largest absolute Gasteiger partial charge is 0.496 e. The van der Waals surface area contributed by atoms with Crippen LogP contribution in [-0.2, 0) is 6.61 Å². The van der Waals surface area contributed by atoms with E-state index in [-0.39, 0.29) is 6.61 Å². The Balaban J connectivity index is 3.39. The summed E-state index contributed by atoms with van der Waals surface area (Å²) in [6, 6.07) is 1.96. The minimum absolute atomic E-state index is 0.0308. The third-order valence-electron chi connectivity index (χ3n) is 2.15. The van der Waals surface area contributed by atoms with Crippen molar-refractivity contribution in [1.82, 2.24) is 0 Å². The van der Waals surface area contributed by atoms with Gasteiger partial charge in [-0.2, -0.15) is 0 Å². The number of hydrogen-bond acceptors (Lipinski definition) is 2. The molecule has 0 saturated carbocycles. The van der Waals surface area contributed by atoms with Crippen LogP contribution in [0.25, 0.3) is 0 Å². The first kappa shape index (κ1) is 10.5. The molecule has 2 nitrogen and oxygen atoms in total. The van der Waals surface area contributed by atoms with Crippen molar-refractivity contribution < 1.29 is 9.84 Å². The van der Waals surface area contributed by atoms with E-state index in [1.165, 1.54) is 0 Å². The van der Waals surface area contributed by atoms with Crippen LogP contribution in [0.3, 0.4) is 0 Å². The molecule has 0 aliphatic heterocycles. The van der Waals surface area contributed by atoms with Crippen LogP contribution in [-0.4, -0.2) is 12.2 Å². The summed E-state index contributed by atoms with van der Waals surface area (Å²) in [5.41, 5.74) is 2.96. The summed E-state index contributed by atoms with van der Waals surface area (Å²) >= 11 is 3.41. The molecule has 0 heterocycles. The van der Waals surface area contributed by atoms with Crippen LogP contribution in [0.1, 0.15) is 16.7 Å². The van der Waals surface area contributed by atoms with Gasteiger partial charge in [0.2, 0.25) is 0 Å². The van der Waals surface area contributed by atoms with Gasteiger partial charge in [-0.15, -0.1) is 0 Å². The van der Waals surface area contributed by atoms with Gasteiger partial charge in [0.15, 0.2) is 0 Å². The number of ether oxygens (including phenoxy) is 1. The molecule has 0 fully saturated rings. The van der Waals surface area contributed by atoms with Crippen molar-refractivity contribution in [2.75, 3.05) is 7.11 Å². The topological polar surface area (TPSA) is 29.5 Å². The zero-order valence-corrected chi connectivity index (χ0v) is 9.60. The number of benzene rings is 1. The molecule has 0 atom stereocenters. The first-order valence-electron chi connectivity index (χ1n) is 4.05. The SMILES string of the molecule is COc1c(C)cc(Br)c(CO)c1C. The molecule has 1 aromatic carbocycles. The van der Waals surface area contributed by atoms with Crippen molar-refractivity contribution >= 4 is 15.9 Å². The Hall–Kier alpha value is -0.540. The molecule has 0 bridgehead atoms. The van der Waals surface area contributed by atoms with Crippen molar-refractivity contribution in [3.8, 4) is 5.75 Å². The monoisotopic (exact) mass is 244 g/mol. The highest BCUT2D eigenvalue weighted by atomic mass is 79.9. The van der Waals surface area contributed by atoms with E-state index in [0.29, 0.717) is 0 Å². The lowest BCUT2D eigenvalue weighted by Crippen LogP contribution is -1.97. The Morgan fingerprint density at radius 3 is 2.54 bits per heavy atom. The van der Waals surface area contributed by atoms with Crippen molar-refractivity contribution in [2.45, 2.75) is 20.5 Å². The molecule has 1 rings (SSSR count). The second kappa shape index (κ2) is 4.11. The van der Waals surface area contributed by atoms with Gasteiger partial charge in [-0.3, -0.25) is 0 Å². The molecule has 0 aromatic heterocycles. The second-order valence-corrected chi connectivity index (χ2v) is 3.82. The molecule has 72 valence electrons. The minimum Gasteiger partial charge on any atom is -0.496 e. The van der Waals surface area contributed by atoms with E-state index in [1.54, 1.807) is 7.11 Å². The molecule has 0 amide bonds. The van der Waals surface area contributed by atoms with Crippen LogP contribution in [0, 0.1) is 13.8 Å². The van der Waals surface area contributed by atoms with Crippen LogP contribution in [0.15, 0.2) is 10.5 Å². The van der Waals surface area contributed by atoms with E-state index in [4.69, 9.17) is 9.84 Å². The minimum atomic E-state index is 0.0308. The quantitative estimate of drug-likeness (QED) is 0.867. The summed E-state index contributed by atoms with van der Waals surface area (Å²) < 4.78 is 6.18. The predicted molar refractivity (Wildman–Crippen MR) is 56.1 cm³/mol. The molecule has 1 N–H and O–H groups in total. The number of aliphatic hydroxyl groups is 1. The standard InChI is InChI=1S/C10H13BrO2/c1-6-4-9(11)8(5-12)7(2)10(6)13-3/h4,12H,5H2,1-3H3. The number of rotatable bonds is 2. The van der Waals surface area contributed by atoms with Gasteiger partial charge in [0.25, 0.3) is 0 Å². The zero-order valence-electron chi connectivity index (χ0n) is 8.02. The molecule has 13 heavy (non-hydrogen) atoms. The molecular formula is C10H13BrO2. The van der Waals surface area contributed by atoms with Crippen LogP contribution in [0.5, 0.6) is 5.75 Å². The smallest absolute Gasteiger partial charge is 0.125 e. The van der Waals surface area contributed by atoms with Crippen molar-refractivity contribution in [3.05, 3.63) is 27.2 Å². The lowest BCUT2D eigenvalue weighted by atomic mass is 10.0. The fraction of sp³-hybridized carbons (Fsp3) is 0.400. The summed E-state index contributed by atoms with van der Waals surface area (Å²) in [7, 11) is 1.64. The summed E-state index contributed by atoms with van der Waals surface area (Å²) in [4.78, 5) is 0. The van der Waals surface area contributed by atoms with Crippen LogP contribution < -0.4 is 4.74 Å². The Morgan fingerprint density at radius 1 is 1.46 bits per heavy atom. The van der Waals surface area contributed by atoms with Crippen molar-refractivity contribution in [2.24, 2.45) is 0 Å². The lowest BCUT2D eigenvalue weighted by Gasteiger charge is -2.13. The summed E-state index contributed by atoms with van der Waals surface area (Å²) in [5.74, 6) is 0.854. The molecule has 0 unspecified atom stereocenters. The number of halogens is 1. The van der Waals surface area contributed by atoms with Gasteiger partial charge in [-0.1, -0.05) is 15.9 Å². The van der Waals surface area contributed by atoms with E-state index < -0.39 is 0 Å². The van der Waals surface area contributed by atoms with Gasteiger partial charge in [-0.05, 0) is 36.6 Å². The predicted octanol–water partition coefficient (Wildman–Crippen LogP) is 2.57. The molecule has 0 aliphatic rings. The Morgan fingerprint density at radius 2 is 2.08 bits per heavy atom. The maximum absolute atomic E-state index is 9.12. The second-order valence-electron chi connectivity index (χ2n) is 2.97. The van der Waals surface area contributed by atoms with Gasteiger partial charge in [0.1, 0.15) is 5.75 Å². The van der Waals surface area contributed by atoms with E-state index in [2.05, 4.69) is 15.9 Å². The molecule has 1 aromatic rings. The highest BCUT2D eigenvalue weighted by molar-refractivity contribution is 9.10. The van der Waals surface area contributed by atoms with Gasteiger partial charge in [0, 0.05) is 4.47 Å². The fourth-order valence-corrected chi connectivity index (χ4v) is 2.23.